The summed E-state index contributed by atoms with van der Waals surface area (Å²) in [5, 5.41) is 2.12. The second-order valence-corrected chi connectivity index (χ2v) is 3.94. The normalized spacial score (nSPS) is 19.6. The molecule has 18 heavy (non-hydrogen) atoms. The van der Waals surface area contributed by atoms with Crippen LogP contribution in [-0.4, -0.2) is 40.2 Å². The highest BCUT2D eigenvalue weighted by Crippen LogP contribution is 2.08. The molecule has 3 amide bonds. The van der Waals surface area contributed by atoms with Crippen LogP contribution in [0.2, 0.25) is 0 Å². The number of carbonyl (C=O) groups excluding carboxylic acids is 3. The van der Waals surface area contributed by atoms with Crippen molar-refractivity contribution < 1.29 is 14.4 Å². The van der Waals surface area contributed by atoms with Crippen molar-refractivity contribution in [2.24, 2.45) is 0 Å². The van der Waals surface area contributed by atoms with Crippen molar-refractivity contribution in [3.63, 3.8) is 0 Å². The van der Waals surface area contributed by atoms with Crippen molar-refractivity contribution in [2.75, 3.05) is 6.54 Å². The topological polar surface area (TPSA) is 99.3 Å². The number of nitrogens with one attached hydrogen (secondary N) is 2. The van der Waals surface area contributed by atoms with E-state index in [4.69, 9.17) is 0 Å². The van der Waals surface area contributed by atoms with E-state index in [1.807, 2.05) is 0 Å². The molecular formula is C11H11N3O4. The third kappa shape index (κ3) is 2.02. The van der Waals surface area contributed by atoms with Crippen molar-refractivity contribution >= 4 is 17.7 Å². The van der Waals surface area contributed by atoms with Gasteiger partial charge in [-0.15, -0.1) is 0 Å². The molecule has 1 atom stereocenters. The molecule has 94 valence electrons. The molecule has 0 saturated carbocycles. The number of imide groups is 1. The molecule has 0 aromatic carbocycles. The molecule has 7 heteroatoms. The van der Waals surface area contributed by atoms with Gasteiger partial charge in [-0.1, -0.05) is 0 Å². The lowest BCUT2D eigenvalue weighted by Crippen LogP contribution is -2.59. The highest BCUT2D eigenvalue weighted by Gasteiger charge is 2.34. The fourth-order valence-corrected chi connectivity index (χ4v) is 1.70. The number of rotatable bonds is 1. The molecule has 7 nitrogen and oxygen atoms in total. The minimum Gasteiger partial charge on any atom is -0.367 e. The van der Waals surface area contributed by atoms with Crippen LogP contribution in [0, 0.1) is 0 Å². The zero-order valence-corrected chi connectivity index (χ0v) is 9.60. The van der Waals surface area contributed by atoms with Crippen LogP contribution in [0.5, 0.6) is 0 Å². The van der Waals surface area contributed by atoms with Crippen LogP contribution in [0.1, 0.15) is 17.3 Å². The Labute approximate surface area is 102 Å². The molecule has 1 aliphatic rings. The van der Waals surface area contributed by atoms with Gasteiger partial charge in [0.15, 0.2) is 5.43 Å². The average molecular weight is 249 g/mol. The van der Waals surface area contributed by atoms with Gasteiger partial charge in [0.25, 0.3) is 5.91 Å². The Kier molecular flexibility index (Phi) is 2.97. The van der Waals surface area contributed by atoms with Gasteiger partial charge in [0.1, 0.15) is 18.2 Å². The first kappa shape index (κ1) is 12.0. The molecule has 1 fully saturated rings. The van der Waals surface area contributed by atoms with E-state index < -0.39 is 29.2 Å². The smallest absolute Gasteiger partial charge is 0.260 e. The van der Waals surface area contributed by atoms with Crippen LogP contribution < -0.4 is 10.7 Å². The Bertz CT molecular complexity index is 578. The van der Waals surface area contributed by atoms with Crippen molar-refractivity contribution in [2.45, 2.75) is 13.0 Å². The van der Waals surface area contributed by atoms with E-state index in [9.17, 15) is 19.2 Å². The molecule has 0 aliphatic carbocycles. The van der Waals surface area contributed by atoms with Crippen LogP contribution in [0.3, 0.4) is 0 Å². The summed E-state index contributed by atoms with van der Waals surface area (Å²) in [6.07, 6.45) is 2.66. The zero-order valence-electron chi connectivity index (χ0n) is 9.60. The van der Waals surface area contributed by atoms with Gasteiger partial charge in [-0.05, 0) is 6.92 Å². The van der Waals surface area contributed by atoms with E-state index in [1.165, 1.54) is 25.4 Å². The molecule has 1 unspecified atom stereocenters. The van der Waals surface area contributed by atoms with Crippen molar-refractivity contribution in [1.29, 1.82) is 0 Å². The Hall–Kier alpha value is -2.44. The van der Waals surface area contributed by atoms with E-state index in [1.54, 1.807) is 0 Å². The second-order valence-electron chi connectivity index (χ2n) is 3.94. The third-order valence-electron chi connectivity index (χ3n) is 2.74. The zero-order chi connectivity index (χ0) is 13.3. The lowest BCUT2D eigenvalue weighted by molar-refractivity contribution is -0.138. The SMILES string of the molecule is CC1C(=O)NC(=O)CN1C(=O)c1c[nH]ccc1=O. The molecule has 0 spiro atoms. The summed E-state index contributed by atoms with van der Waals surface area (Å²) in [4.78, 5) is 50.0. The molecule has 1 aliphatic heterocycles. The molecule has 0 bridgehead atoms. The molecule has 2 rings (SSSR count). The largest absolute Gasteiger partial charge is 0.367 e. The summed E-state index contributed by atoms with van der Waals surface area (Å²) in [5.41, 5.74) is -0.545. The van der Waals surface area contributed by atoms with E-state index in [0.717, 1.165) is 4.90 Å². The quantitative estimate of drug-likeness (QED) is 0.614. The second kappa shape index (κ2) is 4.44. The number of pyridine rings is 1. The highest BCUT2D eigenvalue weighted by atomic mass is 16.2. The maximum atomic E-state index is 12.1. The fraction of sp³-hybridized carbons (Fsp3) is 0.273. The lowest BCUT2D eigenvalue weighted by Gasteiger charge is -2.31. The van der Waals surface area contributed by atoms with Gasteiger partial charge in [0.2, 0.25) is 11.8 Å². The molecule has 2 N–H and O–H groups in total. The molecular weight excluding hydrogens is 238 g/mol. The molecule has 1 aromatic heterocycles. The standard InChI is InChI=1S/C11H11N3O4/c1-6-10(17)13-9(16)5-14(6)11(18)7-4-12-3-2-8(7)15/h2-4,6H,5H2,1H3,(H,12,15)(H,13,16,17). The van der Waals surface area contributed by atoms with Crippen LogP contribution in [0.15, 0.2) is 23.3 Å². The predicted molar refractivity (Wildman–Crippen MR) is 60.7 cm³/mol. The van der Waals surface area contributed by atoms with E-state index in [0.29, 0.717) is 0 Å². The summed E-state index contributed by atoms with van der Waals surface area (Å²) in [6, 6.07) is 0.429. The number of hydrogen-bond donors (Lipinski definition) is 2. The molecule has 2 heterocycles. The van der Waals surface area contributed by atoms with Gasteiger partial charge in [-0.3, -0.25) is 24.5 Å². The van der Waals surface area contributed by atoms with Crippen LogP contribution in [-0.2, 0) is 9.59 Å². The summed E-state index contributed by atoms with van der Waals surface area (Å²) in [6.45, 7) is 1.26. The maximum Gasteiger partial charge on any atom is 0.260 e. The van der Waals surface area contributed by atoms with Crippen molar-refractivity contribution in [3.05, 3.63) is 34.2 Å². The number of aromatic amines is 1. The molecule has 0 radical (unpaired) electrons. The van der Waals surface area contributed by atoms with Gasteiger partial charge in [0.05, 0.1) is 0 Å². The number of carbonyl (C=O) groups is 3. The number of nitrogens with zero attached hydrogens (tertiary/aromatic N) is 1. The van der Waals surface area contributed by atoms with E-state index >= 15 is 0 Å². The van der Waals surface area contributed by atoms with Gasteiger partial charge in [0, 0.05) is 18.5 Å². The number of H-pyrrole nitrogens is 1. The highest BCUT2D eigenvalue weighted by molar-refractivity contribution is 6.06. The Morgan fingerprint density at radius 3 is 2.78 bits per heavy atom. The molecule has 1 saturated heterocycles. The van der Waals surface area contributed by atoms with Gasteiger partial charge < -0.3 is 9.88 Å². The monoisotopic (exact) mass is 249 g/mol. The maximum absolute atomic E-state index is 12.1. The number of amides is 3. The third-order valence-corrected chi connectivity index (χ3v) is 2.74. The summed E-state index contributed by atoms with van der Waals surface area (Å²) in [7, 11) is 0. The Morgan fingerprint density at radius 1 is 1.39 bits per heavy atom. The van der Waals surface area contributed by atoms with Crippen LogP contribution >= 0.6 is 0 Å². The van der Waals surface area contributed by atoms with Crippen molar-refractivity contribution in [3.8, 4) is 0 Å². The minimum absolute atomic E-state index is 0.0909. The molecule has 1 aromatic rings. The van der Waals surface area contributed by atoms with E-state index in [2.05, 4.69) is 10.3 Å². The fourth-order valence-electron chi connectivity index (χ4n) is 1.70. The Morgan fingerprint density at radius 2 is 2.11 bits per heavy atom. The van der Waals surface area contributed by atoms with Crippen LogP contribution in [0.25, 0.3) is 0 Å². The number of aromatic nitrogens is 1. The van der Waals surface area contributed by atoms with Gasteiger partial charge >= 0.3 is 0 Å². The minimum atomic E-state index is -0.783. The Balaban J connectivity index is 2.34. The summed E-state index contributed by atoms with van der Waals surface area (Å²) >= 11 is 0. The van der Waals surface area contributed by atoms with Crippen LogP contribution in [0.4, 0.5) is 0 Å². The average Bonchev–Trinajstić information content (AvgIpc) is 2.33. The number of piperazine rings is 1. The summed E-state index contributed by atoms with van der Waals surface area (Å²) in [5.74, 6) is -1.74. The van der Waals surface area contributed by atoms with Crippen molar-refractivity contribution in [1.82, 2.24) is 15.2 Å². The predicted octanol–water partition coefficient (Wildman–Crippen LogP) is -1.14. The summed E-state index contributed by atoms with van der Waals surface area (Å²) < 4.78 is 0. The first-order valence-corrected chi connectivity index (χ1v) is 5.32. The van der Waals surface area contributed by atoms with Gasteiger partial charge in [-0.25, -0.2) is 0 Å². The first-order chi connectivity index (χ1) is 8.50. The number of hydrogen-bond acceptors (Lipinski definition) is 4. The lowest BCUT2D eigenvalue weighted by atomic mass is 10.1. The van der Waals surface area contributed by atoms with E-state index in [-0.39, 0.29) is 12.1 Å². The first-order valence-electron chi connectivity index (χ1n) is 5.32. The van der Waals surface area contributed by atoms with Gasteiger partial charge in [-0.2, -0.15) is 0 Å².